The molecule has 4 N–H and O–H groups in total. The van der Waals surface area contributed by atoms with Gasteiger partial charge in [-0.2, -0.15) is 0 Å². The maximum atomic E-state index is 12.7. The number of fused-ring (bicyclic) bond motifs is 1. The van der Waals surface area contributed by atoms with Crippen LogP contribution in [0, 0.1) is 5.92 Å². The number of aromatic nitrogens is 2. The highest BCUT2D eigenvalue weighted by atomic mass is 19.1. The second kappa shape index (κ2) is 9.07. The summed E-state index contributed by atoms with van der Waals surface area (Å²) in [4.78, 5) is 54.4. The van der Waals surface area contributed by atoms with Crippen molar-refractivity contribution in [2.24, 2.45) is 5.92 Å². The summed E-state index contributed by atoms with van der Waals surface area (Å²) in [6, 6.07) is 4.40. The first-order chi connectivity index (χ1) is 13.2. The number of aromatic amines is 1. The first kappa shape index (κ1) is 21.0. The lowest BCUT2D eigenvalue weighted by molar-refractivity contribution is -0.140. The van der Waals surface area contributed by atoms with Crippen LogP contribution < -0.4 is 10.6 Å². The molecule has 0 fully saturated rings. The first-order valence-electron chi connectivity index (χ1n) is 8.59. The number of imidazole rings is 1. The first-order valence-corrected chi connectivity index (χ1v) is 8.59. The summed E-state index contributed by atoms with van der Waals surface area (Å²) in [6.07, 6.45) is -0.753. The van der Waals surface area contributed by atoms with Gasteiger partial charge in [0, 0.05) is 0 Å². The van der Waals surface area contributed by atoms with E-state index in [0.717, 1.165) is 0 Å². The lowest BCUT2D eigenvalue weighted by Gasteiger charge is -2.23. The molecule has 1 aromatic carbocycles. The lowest BCUT2D eigenvalue weighted by Crippen LogP contribution is -2.54. The molecule has 1 unspecified atom stereocenters. The number of Topliss-reactive ketones (excluding diaryl/α,β-unsaturated/α-hetero) is 1. The average molecular weight is 392 g/mol. The van der Waals surface area contributed by atoms with E-state index >= 15 is 0 Å². The molecular weight excluding hydrogens is 371 g/mol. The molecular formula is C18H21FN4O5. The topological polar surface area (TPSA) is 141 Å². The van der Waals surface area contributed by atoms with E-state index in [9.17, 15) is 23.6 Å². The number of aliphatic carboxylic acids is 1. The van der Waals surface area contributed by atoms with Crippen molar-refractivity contribution in [1.82, 2.24) is 20.6 Å². The molecule has 0 bridgehead atoms. The van der Waals surface area contributed by atoms with Gasteiger partial charge in [-0.3, -0.25) is 19.2 Å². The number of halogens is 1. The Kier molecular flexibility index (Phi) is 6.80. The summed E-state index contributed by atoms with van der Waals surface area (Å²) in [5.41, 5.74) is 1.22. The Morgan fingerprint density at radius 2 is 1.86 bits per heavy atom. The van der Waals surface area contributed by atoms with Crippen LogP contribution in [0.15, 0.2) is 24.3 Å². The van der Waals surface area contributed by atoms with Crippen LogP contribution >= 0.6 is 0 Å². The molecule has 1 heterocycles. The molecule has 2 atom stereocenters. The van der Waals surface area contributed by atoms with Gasteiger partial charge >= 0.3 is 5.97 Å². The van der Waals surface area contributed by atoms with Crippen LogP contribution in [-0.4, -0.2) is 57.4 Å². The zero-order valence-corrected chi connectivity index (χ0v) is 15.4. The highest BCUT2D eigenvalue weighted by Crippen LogP contribution is 2.11. The largest absolute Gasteiger partial charge is 0.481 e. The van der Waals surface area contributed by atoms with Crippen LogP contribution in [0.3, 0.4) is 0 Å². The number of hydrogen-bond donors (Lipinski definition) is 4. The minimum absolute atomic E-state index is 0.00145. The van der Waals surface area contributed by atoms with Crippen molar-refractivity contribution in [3.05, 3.63) is 30.1 Å². The standard InChI is InChI=1S/C18H21FN4O5/c1-9(2)15(17(27)22-12(7-14(25)26)13(24)8-19)23-18(28)16-20-10-5-3-4-6-11(10)21-16/h3-6,9,12,15H,7-8H2,1-2H3,(H,20,21)(H,22,27)(H,23,28)(H,25,26)/t12?,15-/m0/s1. The van der Waals surface area contributed by atoms with Gasteiger partial charge in [0.05, 0.1) is 17.5 Å². The molecule has 0 aliphatic heterocycles. The Hall–Kier alpha value is -3.30. The number of nitrogens with one attached hydrogen (secondary N) is 3. The predicted molar refractivity (Wildman–Crippen MR) is 97.4 cm³/mol. The van der Waals surface area contributed by atoms with Crippen molar-refractivity contribution in [1.29, 1.82) is 0 Å². The van der Waals surface area contributed by atoms with Gasteiger partial charge in [0.15, 0.2) is 11.6 Å². The number of carbonyl (C=O) groups excluding carboxylic acids is 3. The summed E-state index contributed by atoms with van der Waals surface area (Å²) < 4.78 is 12.7. The predicted octanol–water partition coefficient (Wildman–Crippen LogP) is 0.815. The Labute approximate surface area is 159 Å². The molecule has 9 nitrogen and oxygen atoms in total. The normalized spacial score (nSPS) is 13.1. The maximum Gasteiger partial charge on any atom is 0.305 e. The van der Waals surface area contributed by atoms with E-state index < -0.39 is 48.7 Å². The zero-order valence-electron chi connectivity index (χ0n) is 15.4. The number of rotatable bonds is 9. The van der Waals surface area contributed by atoms with Gasteiger partial charge in [0.1, 0.15) is 18.8 Å². The number of amides is 2. The summed E-state index contributed by atoms with van der Waals surface area (Å²) in [5.74, 6) is -4.23. The Balaban J connectivity index is 2.14. The van der Waals surface area contributed by atoms with Crippen LogP contribution in [0.25, 0.3) is 11.0 Å². The molecule has 10 heteroatoms. The van der Waals surface area contributed by atoms with Crippen LogP contribution in [0.2, 0.25) is 0 Å². The summed E-state index contributed by atoms with van der Waals surface area (Å²) in [6.45, 7) is 1.91. The van der Waals surface area contributed by atoms with Crippen LogP contribution in [0.1, 0.15) is 30.9 Å². The van der Waals surface area contributed by atoms with Gasteiger partial charge in [0.2, 0.25) is 5.91 Å². The highest BCUT2D eigenvalue weighted by Gasteiger charge is 2.30. The quantitative estimate of drug-likeness (QED) is 0.498. The van der Waals surface area contributed by atoms with Gasteiger partial charge < -0.3 is 20.7 Å². The fourth-order valence-corrected chi connectivity index (χ4v) is 2.58. The van der Waals surface area contributed by atoms with E-state index in [4.69, 9.17) is 5.11 Å². The van der Waals surface area contributed by atoms with E-state index in [1.807, 2.05) is 0 Å². The minimum Gasteiger partial charge on any atom is -0.481 e. The highest BCUT2D eigenvalue weighted by molar-refractivity contribution is 5.99. The summed E-state index contributed by atoms with van der Waals surface area (Å²) in [7, 11) is 0. The Morgan fingerprint density at radius 1 is 1.18 bits per heavy atom. The number of para-hydroxylation sites is 2. The average Bonchev–Trinajstić information content (AvgIpc) is 3.08. The van der Waals surface area contributed by atoms with Crippen molar-refractivity contribution >= 4 is 34.6 Å². The van der Waals surface area contributed by atoms with Crippen LogP contribution in [-0.2, 0) is 14.4 Å². The molecule has 0 aliphatic carbocycles. The van der Waals surface area contributed by atoms with E-state index in [1.165, 1.54) is 0 Å². The second-order valence-electron chi connectivity index (χ2n) is 6.56. The van der Waals surface area contributed by atoms with Gasteiger partial charge in [-0.25, -0.2) is 9.37 Å². The Morgan fingerprint density at radius 3 is 2.43 bits per heavy atom. The van der Waals surface area contributed by atoms with E-state index in [2.05, 4.69) is 20.6 Å². The lowest BCUT2D eigenvalue weighted by atomic mass is 10.0. The smallest absolute Gasteiger partial charge is 0.305 e. The number of nitrogens with zero attached hydrogens (tertiary/aromatic N) is 1. The fourth-order valence-electron chi connectivity index (χ4n) is 2.58. The number of hydrogen-bond acceptors (Lipinski definition) is 5. The Bertz CT molecular complexity index is 862. The van der Waals surface area contributed by atoms with Crippen molar-refractivity contribution in [2.75, 3.05) is 6.67 Å². The molecule has 0 spiro atoms. The van der Waals surface area contributed by atoms with Crippen molar-refractivity contribution in [3.8, 4) is 0 Å². The molecule has 150 valence electrons. The molecule has 2 aromatic rings. The van der Waals surface area contributed by atoms with Crippen molar-refractivity contribution in [2.45, 2.75) is 32.4 Å². The number of alkyl halides is 1. The van der Waals surface area contributed by atoms with Crippen molar-refractivity contribution < 1.29 is 28.7 Å². The van der Waals surface area contributed by atoms with Gasteiger partial charge in [-0.1, -0.05) is 26.0 Å². The number of carbonyl (C=O) groups is 4. The number of ketones is 1. The number of H-pyrrole nitrogens is 1. The van der Waals surface area contributed by atoms with E-state index in [0.29, 0.717) is 11.0 Å². The molecule has 0 saturated heterocycles. The number of carboxylic acid groups (broad SMARTS) is 1. The van der Waals surface area contributed by atoms with Gasteiger partial charge in [-0.15, -0.1) is 0 Å². The minimum atomic E-state index is -1.51. The van der Waals surface area contributed by atoms with Gasteiger partial charge in [-0.05, 0) is 18.1 Å². The van der Waals surface area contributed by atoms with E-state index in [1.54, 1.807) is 38.1 Å². The third-order valence-corrected chi connectivity index (χ3v) is 4.06. The third-order valence-electron chi connectivity index (χ3n) is 4.06. The fraction of sp³-hybridized carbons (Fsp3) is 0.389. The molecule has 0 saturated carbocycles. The van der Waals surface area contributed by atoms with E-state index in [-0.39, 0.29) is 11.7 Å². The molecule has 2 rings (SSSR count). The zero-order chi connectivity index (χ0) is 20.8. The SMILES string of the molecule is CC(C)[C@H](NC(=O)c1nc2ccccc2[nH]1)C(=O)NC(CC(=O)O)C(=O)CF. The molecule has 0 aliphatic rings. The summed E-state index contributed by atoms with van der Waals surface area (Å²) in [5, 5.41) is 13.6. The summed E-state index contributed by atoms with van der Waals surface area (Å²) >= 11 is 0. The maximum absolute atomic E-state index is 12.7. The number of benzene rings is 1. The number of carboxylic acids is 1. The van der Waals surface area contributed by atoms with Crippen LogP contribution in [0.4, 0.5) is 4.39 Å². The van der Waals surface area contributed by atoms with Crippen molar-refractivity contribution in [3.63, 3.8) is 0 Å². The van der Waals surface area contributed by atoms with Gasteiger partial charge in [0.25, 0.3) is 5.91 Å². The molecule has 0 radical (unpaired) electrons. The molecule has 28 heavy (non-hydrogen) atoms. The second-order valence-corrected chi connectivity index (χ2v) is 6.56. The molecule has 1 aromatic heterocycles. The van der Waals surface area contributed by atoms with Crippen LogP contribution in [0.5, 0.6) is 0 Å². The monoisotopic (exact) mass is 392 g/mol. The third kappa shape index (κ3) is 5.12. The molecule has 2 amide bonds.